The number of aryl methyl sites for hydroxylation is 2. The third kappa shape index (κ3) is 5.78. The standard InChI is InChI=1S/C20H20N2O5/c1-13-7-8-14(2)18(11-13)21-20(24)15(3)27-19(23)10-9-16-5-4-6-17(12-16)22(25)26/h4-12,15H,1-3H3,(H,21,24). The number of anilines is 1. The minimum atomic E-state index is -0.993. The number of nitrogens with zero attached hydrogens (tertiary/aromatic N) is 1. The SMILES string of the molecule is Cc1ccc(C)c(NC(=O)C(C)OC(=O)C=Cc2cccc([N+](=O)[O-])c2)c1. The van der Waals surface area contributed by atoms with Crippen LogP contribution in [0.4, 0.5) is 11.4 Å². The number of nitro groups is 1. The van der Waals surface area contributed by atoms with Crippen molar-refractivity contribution in [2.75, 3.05) is 5.32 Å². The zero-order chi connectivity index (χ0) is 20.0. The Morgan fingerprint density at radius 1 is 1.19 bits per heavy atom. The highest BCUT2D eigenvalue weighted by Crippen LogP contribution is 2.17. The molecule has 2 rings (SSSR count). The average Bonchev–Trinajstić information content (AvgIpc) is 2.63. The summed E-state index contributed by atoms with van der Waals surface area (Å²) in [7, 11) is 0. The van der Waals surface area contributed by atoms with Crippen molar-refractivity contribution in [1.82, 2.24) is 0 Å². The highest BCUT2D eigenvalue weighted by atomic mass is 16.6. The molecule has 0 aliphatic rings. The molecule has 0 fully saturated rings. The van der Waals surface area contributed by atoms with Gasteiger partial charge in [0.25, 0.3) is 11.6 Å². The lowest BCUT2D eigenvalue weighted by Crippen LogP contribution is -2.29. The maximum Gasteiger partial charge on any atom is 0.331 e. The van der Waals surface area contributed by atoms with E-state index in [4.69, 9.17) is 4.74 Å². The maximum atomic E-state index is 12.2. The maximum absolute atomic E-state index is 12.2. The summed E-state index contributed by atoms with van der Waals surface area (Å²) in [4.78, 5) is 34.4. The molecule has 1 atom stereocenters. The normalized spacial score (nSPS) is 11.8. The molecule has 1 N–H and O–H groups in total. The van der Waals surface area contributed by atoms with Crippen molar-refractivity contribution in [2.45, 2.75) is 26.9 Å². The summed E-state index contributed by atoms with van der Waals surface area (Å²) in [6.45, 7) is 5.25. The Morgan fingerprint density at radius 2 is 1.93 bits per heavy atom. The molecule has 140 valence electrons. The van der Waals surface area contributed by atoms with Crippen LogP contribution >= 0.6 is 0 Å². The number of benzene rings is 2. The number of hydrogen-bond acceptors (Lipinski definition) is 5. The molecular formula is C20H20N2O5. The Bertz CT molecular complexity index is 905. The second-order valence-corrected chi connectivity index (χ2v) is 6.07. The molecule has 0 spiro atoms. The predicted octanol–water partition coefficient (Wildman–Crippen LogP) is 3.80. The van der Waals surface area contributed by atoms with Crippen LogP contribution in [0.15, 0.2) is 48.5 Å². The number of amides is 1. The van der Waals surface area contributed by atoms with E-state index in [1.54, 1.807) is 6.07 Å². The van der Waals surface area contributed by atoms with Gasteiger partial charge in [-0.3, -0.25) is 14.9 Å². The fraction of sp³-hybridized carbons (Fsp3) is 0.200. The number of hydrogen-bond donors (Lipinski definition) is 1. The van der Waals surface area contributed by atoms with Crippen LogP contribution in [0.5, 0.6) is 0 Å². The summed E-state index contributed by atoms with van der Waals surface area (Å²) >= 11 is 0. The van der Waals surface area contributed by atoms with Gasteiger partial charge < -0.3 is 10.1 Å². The fourth-order valence-corrected chi connectivity index (χ4v) is 2.28. The van der Waals surface area contributed by atoms with Crippen LogP contribution < -0.4 is 5.32 Å². The summed E-state index contributed by atoms with van der Waals surface area (Å²) in [6.07, 6.45) is 1.53. The zero-order valence-corrected chi connectivity index (χ0v) is 15.3. The van der Waals surface area contributed by atoms with Crippen molar-refractivity contribution in [2.24, 2.45) is 0 Å². The minimum Gasteiger partial charge on any atom is -0.449 e. The van der Waals surface area contributed by atoms with Gasteiger partial charge in [-0.1, -0.05) is 24.3 Å². The van der Waals surface area contributed by atoms with E-state index < -0.39 is 22.9 Å². The Balaban J connectivity index is 1.96. The highest BCUT2D eigenvalue weighted by molar-refractivity contribution is 5.97. The largest absolute Gasteiger partial charge is 0.449 e. The summed E-state index contributed by atoms with van der Waals surface area (Å²) in [5, 5.41) is 13.5. The van der Waals surface area contributed by atoms with Gasteiger partial charge in [0.1, 0.15) is 0 Å². The molecule has 0 aromatic heterocycles. The van der Waals surface area contributed by atoms with E-state index in [-0.39, 0.29) is 5.69 Å². The van der Waals surface area contributed by atoms with Crippen LogP contribution in [-0.2, 0) is 14.3 Å². The molecule has 0 saturated heterocycles. The number of ether oxygens (including phenoxy) is 1. The van der Waals surface area contributed by atoms with E-state index in [0.717, 1.165) is 17.2 Å². The van der Waals surface area contributed by atoms with E-state index in [2.05, 4.69) is 5.32 Å². The molecule has 0 bridgehead atoms. The molecule has 0 aliphatic heterocycles. The van der Waals surface area contributed by atoms with Gasteiger partial charge in [-0.25, -0.2) is 4.79 Å². The van der Waals surface area contributed by atoms with E-state index in [1.807, 2.05) is 32.0 Å². The molecule has 0 radical (unpaired) electrons. The number of esters is 1. The van der Waals surface area contributed by atoms with Crippen molar-refractivity contribution >= 4 is 29.3 Å². The first-order valence-corrected chi connectivity index (χ1v) is 8.27. The Kier molecular flexibility index (Phi) is 6.43. The fourth-order valence-electron chi connectivity index (χ4n) is 2.28. The molecule has 2 aromatic carbocycles. The second kappa shape index (κ2) is 8.75. The first kappa shape index (κ1) is 19.8. The number of carbonyl (C=O) groups excluding carboxylic acids is 2. The van der Waals surface area contributed by atoms with Crippen LogP contribution in [0.25, 0.3) is 6.08 Å². The highest BCUT2D eigenvalue weighted by Gasteiger charge is 2.17. The van der Waals surface area contributed by atoms with Crippen LogP contribution in [-0.4, -0.2) is 22.9 Å². The van der Waals surface area contributed by atoms with Crippen LogP contribution in [0.2, 0.25) is 0 Å². The smallest absolute Gasteiger partial charge is 0.331 e. The third-order valence-electron chi connectivity index (χ3n) is 3.81. The van der Waals surface area contributed by atoms with Gasteiger partial charge in [0.2, 0.25) is 0 Å². The lowest BCUT2D eigenvalue weighted by atomic mass is 10.1. The van der Waals surface area contributed by atoms with Crippen LogP contribution in [0.3, 0.4) is 0 Å². The monoisotopic (exact) mass is 368 g/mol. The van der Waals surface area contributed by atoms with E-state index >= 15 is 0 Å². The number of non-ortho nitro benzene ring substituents is 1. The molecule has 1 amide bonds. The summed E-state index contributed by atoms with van der Waals surface area (Å²) in [5.74, 6) is -1.16. The predicted molar refractivity (Wildman–Crippen MR) is 102 cm³/mol. The van der Waals surface area contributed by atoms with E-state index in [0.29, 0.717) is 11.3 Å². The first-order chi connectivity index (χ1) is 12.8. The van der Waals surface area contributed by atoms with Gasteiger partial charge in [0, 0.05) is 23.9 Å². The van der Waals surface area contributed by atoms with Crippen LogP contribution in [0.1, 0.15) is 23.6 Å². The quantitative estimate of drug-likeness (QED) is 0.362. The summed E-state index contributed by atoms with van der Waals surface area (Å²) in [5.41, 5.74) is 2.97. The Morgan fingerprint density at radius 3 is 2.63 bits per heavy atom. The number of rotatable bonds is 6. The number of nitrogens with one attached hydrogen (secondary N) is 1. The van der Waals surface area contributed by atoms with Crippen molar-refractivity contribution in [1.29, 1.82) is 0 Å². The zero-order valence-electron chi connectivity index (χ0n) is 15.3. The number of carbonyl (C=O) groups is 2. The lowest BCUT2D eigenvalue weighted by Gasteiger charge is -2.14. The number of nitro benzene ring substituents is 1. The first-order valence-electron chi connectivity index (χ1n) is 8.27. The molecule has 0 heterocycles. The van der Waals surface area contributed by atoms with Crippen molar-refractivity contribution < 1.29 is 19.2 Å². The average molecular weight is 368 g/mol. The summed E-state index contributed by atoms with van der Waals surface area (Å²) < 4.78 is 5.08. The molecular weight excluding hydrogens is 348 g/mol. The van der Waals surface area contributed by atoms with Gasteiger partial charge in [0.15, 0.2) is 6.10 Å². The van der Waals surface area contributed by atoms with E-state index in [1.165, 1.54) is 31.2 Å². The molecule has 2 aromatic rings. The third-order valence-corrected chi connectivity index (χ3v) is 3.81. The van der Waals surface area contributed by atoms with Gasteiger partial charge >= 0.3 is 5.97 Å². The molecule has 7 nitrogen and oxygen atoms in total. The minimum absolute atomic E-state index is 0.0770. The molecule has 7 heteroatoms. The second-order valence-electron chi connectivity index (χ2n) is 6.07. The van der Waals surface area contributed by atoms with Crippen molar-refractivity contribution in [3.63, 3.8) is 0 Å². The van der Waals surface area contributed by atoms with Crippen LogP contribution in [0, 0.1) is 24.0 Å². The van der Waals surface area contributed by atoms with Crippen molar-refractivity contribution in [3.05, 3.63) is 75.3 Å². The Labute approximate surface area is 156 Å². The van der Waals surface area contributed by atoms with Gasteiger partial charge in [-0.05, 0) is 49.6 Å². The van der Waals surface area contributed by atoms with Gasteiger partial charge in [-0.15, -0.1) is 0 Å². The Hall–Kier alpha value is -3.48. The molecule has 0 aliphatic carbocycles. The molecule has 27 heavy (non-hydrogen) atoms. The van der Waals surface area contributed by atoms with Gasteiger partial charge in [0.05, 0.1) is 4.92 Å². The lowest BCUT2D eigenvalue weighted by molar-refractivity contribution is -0.384. The van der Waals surface area contributed by atoms with Crippen molar-refractivity contribution in [3.8, 4) is 0 Å². The van der Waals surface area contributed by atoms with E-state index in [9.17, 15) is 19.7 Å². The summed E-state index contributed by atoms with van der Waals surface area (Å²) in [6, 6.07) is 11.5. The molecule has 1 unspecified atom stereocenters. The topological polar surface area (TPSA) is 98.5 Å². The molecule has 0 saturated carbocycles. The van der Waals surface area contributed by atoms with Gasteiger partial charge in [-0.2, -0.15) is 0 Å².